The van der Waals surface area contributed by atoms with E-state index < -0.39 is 0 Å². The second kappa shape index (κ2) is 4.98. The van der Waals surface area contributed by atoms with Crippen LogP contribution in [-0.4, -0.2) is 4.98 Å². The van der Waals surface area contributed by atoms with Gasteiger partial charge in [-0.05, 0) is 29.8 Å². The van der Waals surface area contributed by atoms with Gasteiger partial charge in [-0.25, -0.2) is 0 Å². The zero-order chi connectivity index (χ0) is 13.1. The Balaban J connectivity index is 1.99. The van der Waals surface area contributed by atoms with Crippen LogP contribution in [-0.2, 0) is 0 Å². The van der Waals surface area contributed by atoms with Crippen LogP contribution in [0.15, 0.2) is 77.9 Å². The summed E-state index contributed by atoms with van der Waals surface area (Å²) in [5, 5.41) is 0. The maximum Gasteiger partial charge on any atom is 0.247 e. The number of allylic oxidation sites excluding steroid dienone is 2. The van der Waals surface area contributed by atoms with Gasteiger partial charge in [0.15, 0.2) is 0 Å². The van der Waals surface area contributed by atoms with Gasteiger partial charge in [-0.1, -0.05) is 30.4 Å². The largest absolute Gasteiger partial charge is 0.337 e. The molecule has 0 saturated heterocycles. The van der Waals surface area contributed by atoms with Gasteiger partial charge in [0.25, 0.3) is 0 Å². The van der Waals surface area contributed by atoms with Crippen molar-refractivity contribution >= 4 is 5.69 Å². The lowest BCUT2D eigenvalue weighted by Crippen LogP contribution is -2.23. The number of H-pyrrole nitrogens is 1. The van der Waals surface area contributed by atoms with Crippen LogP contribution < -0.4 is 10.5 Å². The van der Waals surface area contributed by atoms with Gasteiger partial charge >= 0.3 is 0 Å². The summed E-state index contributed by atoms with van der Waals surface area (Å²) in [7, 11) is 0. The third-order valence-corrected chi connectivity index (χ3v) is 3.15. The number of nitrogens with one attached hydrogen (secondary N) is 1. The fourth-order valence-corrected chi connectivity index (χ4v) is 2.22. The summed E-state index contributed by atoms with van der Waals surface area (Å²) in [5.41, 5.74) is 2.11. The number of nitrogens with zero attached hydrogens (tertiary/aromatic N) is 1. The van der Waals surface area contributed by atoms with Gasteiger partial charge in [-0.15, -0.1) is 0 Å². The molecule has 1 aromatic carbocycles. The lowest BCUT2D eigenvalue weighted by molar-refractivity contribution is 0.827. The highest BCUT2D eigenvalue weighted by Crippen LogP contribution is 2.29. The fraction of sp³-hybridized carbons (Fsp3) is 0.0625. The first-order valence-electron chi connectivity index (χ1n) is 6.21. The van der Waals surface area contributed by atoms with E-state index in [9.17, 15) is 4.79 Å². The summed E-state index contributed by atoms with van der Waals surface area (Å²) in [6, 6.07) is 13.7. The van der Waals surface area contributed by atoms with Crippen molar-refractivity contribution in [2.24, 2.45) is 0 Å². The second-order valence-electron chi connectivity index (χ2n) is 4.40. The van der Waals surface area contributed by atoms with Crippen LogP contribution in [0, 0.1) is 0 Å². The maximum absolute atomic E-state index is 11.2. The lowest BCUT2D eigenvalue weighted by Gasteiger charge is -2.30. The zero-order valence-electron chi connectivity index (χ0n) is 10.4. The Bertz CT molecular complexity index is 650. The maximum atomic E-state index is 11.2. The van der Waals surface area contributed by atoms with E-state index in [-0.39, 0.29) is 11.6 Å². The van der Waals surface area contributed by atoms with Crippen molar-refractivity contribution in [1.82, 2.24) is 4.98 Å². The van der Waals surface area contributed by atoms with Gasteiger partial charge in [0.05, 0.1) is 6.04 Å². The number of pyridine rings is 1. The van der Waals surface area contributed by atoms with Crippen molar-refractivity contribution in [2.45, 2.75) is 6.04 Å². The predicted molar refractivity (Wildman–Crippen MR) is 77.0 cm³/mol. The van der Waals surface area contributed by atoms with Crippen LogP contribution >= 0.6 is 0 Å². The minimum Gasteiger partial charge on any atom is -0.337 e. The first-order chi connectivity index (χ1) is 9.34. The summed E-state index contributed by atoms with van der Waals surface area (Å²) < 4.78 is 0. The number of benzene rings is 1. The lowest BCUT2D eigenvalue weighted by atomic mass is 10.0. The quantitative estimate of drug-likeness (QED) is 0.889. The molecule has 3 heteroatoms. The van der Waals surface area contributed by atoms with E-state index in [1.54, 1.807) is 12.3 Å². The first kappa shape index (κ1) is 11.5. The van der Waals surface area contributed by atoms with E-state index >= 15 is 0 Å². The first-order valence-corrected chi connectivity index (χ1v) is 6.21. The summed E-state index contributed by atoms with van der Waals surface area (Å²) in [6.45, 7) is 0. The van der Waals surface area contributed by atoms with Crippen molar-refractivity contribution in [2.75, 3.05) is 4.90 Å². The molecule has 0 fully saturated rings. The highest BCUT2D eigenvalue weighted by atomic mass is 16.1. The standard InChI is InChI=1S/C16H14N2O/c19-16-10-9-13(12-17-16)15-8-4-5-11-18(15)14-6-2-1-3-7-14/h1-12,15H,(H,17,19). The SMILES string of the molecule is O=c1ccc(C2C=CC=CN2c2ccccc2)c[nH]1. The Morgan fingerprint density at radius 1 is 1.00 bits per heavy atom. The number of anilines is 1. The highest BCUT2D eigenvalue weighted by Gasteiger charge is 2.18. The van der Waals surface area contributed by atoms with Crippen LogP contribution in [0.2, 0.25) is 0 Å². The van der Waals surface area contributed by atoms with Crippen molar-refractivity contribution in [3.05, 3.63) is 89.0 Å². The number of aromatic amines is 1. The Morgan fingerprint density at radius 3 is 2.58 bits per heavy atom. The van der Waals surface area contributed by atoms with Gasteiger partial charge in [-0.3, -0.25) is 4.79 Å². The van der Waals surface area contributed by atoms with E-state index in [0.29, 0.717) is 0 Å². The number of aromatic nitrogens is 1. The molecule has 1 N–H and O–H groups in total. The Kier molecular flexibility index (Phi) is 3.02. The second-order valence-corrected chi connectivity index (χ2v) is 4.40. The molecule has 2 heterocycles. The van der Waals surface area contributed by atoms with E-state index in [1.807, 2.05) is 42.6 Å². The van der Waals surface area contributed by atoms with Gasteiger partial charge < -0.3 is 9.88 Å². The summed E-state index contributed by atoms with van der Waals surface area (Å²) in [6.07, 6.45) is 9.96. The molecule has 19 heavy (non-hydrogen) atoms. The number of rotatable bonds is 2. The molecule has 0 radical (unpaired) electrons. The molecule has 3 rings (SSSR count). The van der Waals surface area contributed by atoms with E-state index in [4.69, 9.17) is 0 Å². The summed E-state index contributed by atoms with van der Waals surface area (Å²) in [5.74, 6) is 0. The van der Waals surface area contributed by atoms with Gasteiger partial charge in [0.1, 0.15) is 0 Å². The molecule has 94 valence electrons. The zero-order valence-corrected chi connectivity index (χ0v) is 10.4. The normalized spacial score (nSPS) is 17.7. The molecule has 0 saturated carbocycles. The van der Waals surface area contributed by atoms with Gasteiger partial charge in [0, 0.05) is 24.2 Å². The molecular weight excluding hydrogens is 236 g/mol. The molecule has 0 spiro atoms. The van der Waals surface area contributed by atoms with Gasteiger partial charge in [-0.2, -0.15) is 0 Å². The smallest absolute Gasteiger partial charge is 0.247 e. The number of hydrogen-bond donors (Lipinski definition) is 1. The molecule has 3 nitrogen and oxygen atoms in total. The molecule has 0 aliphatic carbocycles. The van der Waals surface area contributed by atoms with Crippen molar-refractivity contribution in [3.63, 3.8) is 0 Å². The van der Waals surface area contributed by atoms with E-state index in [2.05, 4.69) is 28.1 Å². The topological polar surface area (TPSA) is 36.1 Å². The predicted octanol–water partition coefficient (Wildman–Crippen LogP) is 3.01. The minimum atomic E-state index is -0.0784. The van der Waals surface area contributed by atoms with E-state index in [1.165, 1.54) is 0 Å². The number of hydrogen-bond acceptors (Lipinski definition) is 2. The summed E-state index contributed by atoms with van der Waals surface area (Å²) in [4.78, 5) is 16.1. The molecule has 1 atom stereocenters. The Morgan fingerprint density at radius 2 is 1.84 bits per heavy atom. The van der Waals surface area contributed by atoms with Crippen molar-refractivity contribution < 1.29 is 0 Å². The Labute approximate surface area is 111 Å². The average Bonchev–Trinajstić information content (AvgIpc) is 2.49. The summed E-state index contributed by atoms with van der Waals surface area (Å²) >= 11 is 0. The number of para-hydroxylation sites is 1. The molecule has 2 aromatic rings. The van der Waals surface area contributed by atoms with Crippen molar-refractivity contribution in [1.29, 1.82) is 0 Å². The van der Waals surface area contributed by atoms with Crippen LogP contribution in [0.25, 0.3) is 0 Å². The third kappa shape index (κ3) is 2.36. The van der Waals surface area contributed by atoms with Gasteiger partial charge in [0.2, 0.25) is 5.56 Å². The Hall–Kier alpha value is -2.55. The van der Waals surface area contributed by atoms with E-state index in [0.717, 1.165) is 11.3 Å². The van der Waals surface area contributed by atoms with Crippen LogP contribution in [0.5, 0.6) is 0 Å². The van der Waals surface area contributed by atoms with Crippen LogP contribution in [0.1, 0.15) is 11.6 Å². The molecule has 1 aromatic heterocycles. The van der Waals surface area contributed by atoms with Crippen LogP contribution in [0.3, 0.4) is 0 Å². The highest BCUT2D eigenvalue weighted by molar-refractivity contribution is 5.54. The molecule has 0 bridgehead atoms. The molecule has 1 aliphatic rings. The molecular formula is C16H14N2O. The molecule has 1 unspecified atom stereocenters. The minimum absolute atomic E-state index is 0.0784. The van der Waals surface area contributed by atoms with Crippen LogP contribution in [0.4, 0.5) is 5.69 Å². The monoisotopic (exact) mass is 250 g/mol. The fourth-order valence-electron chi connectivity index (χ4n) is 2.22. The average molecular weight is 250 g/mol. The third-order valence-electron chi connectivity index (χ3n) is 3.15. The molecule has 1 aliphatic heterocycles. The molecule has 0 amide bonds. The van der Waals surface area contributed by atoms with Crippen molar-refractivity contribution in [3.8, 4) is 0 Å².